The van der Waals surface area contributed by atoms with E-state index >= 15 is 0 Å². The van der Waals surface area contributed by atoms with Gasteiger partial charge in [0.25, 0.3) is 15.9 Å². The zero-order valence-corrected chi connectivity index (χ0v) is 29.7. The molecule has 0 fully saturated rings. The van der Waals surface area contributed by atoms with Crippen LogP contribution in [0.15, 0.2) is 71.1 Å². The number of carbonyl (C=O) groups is 3. The minimum absolute atomic E-state index is 0.0165. The highest BCUT2D eigenvalue weighted by molar-refractivity contribution is 7.90. The first-order chi connectivity index (χ1) is 20.6. The number of aryl methyl sites for hydroxylation is 1. The van der Waals surface area contributed by atoms with Crippen molar-refractivity contribution in [3.8, 4) is 0 Å². The molecule has 45 heavy (non-hydrogen) atoms. The zero-order valence-electron chi connectivity index (χ0n) is 28.9. The fraction of sp³-hybridized carbons (Fsp3) is 0.514. The number of nitrogens with one attached hydrogen (secondary N) is 2. The molecule has 248 valence electrons. The topological polar surface area (TPSA) is 116 Å². The van der Waals surface area contributed by atoms with Crippen LogP contribution in [0.4, 0.5) is 0 Å². The first-order valence-electron chi connectivity index (χ1n) is 15.2. The molecule has 0 aliphatic carbocycles. The van der Waals surface area contributed by atoms with Crippen LogP contribution >= 0.6 is 0 Å². The van der Waals surface area contributed by atoms with Crippen molar-refractivity contribution in [2.24, 2.45) is 11.3 Å². The number of hydrogen-bond acceptors (Lipinski definition) is 6. The fourth-order valence-corrected chi connectivity index (χ4v) is 6.53. The fourth-order valence-electron chi connectivity index (χ4n) is 5.52. The molecule has 9 nitrogen and oxygen atoms in total. The molecule has 0 saturated heterocycles. The number of amides is 3. The van der Waals surface area contributed by atoms with E-state index in [9.17, 15) is 22.8 Å². The molecule has 0 aromatic heterocycles. The van der Waals surface area contributed by atoms with Crippen LogP contribution in [-0.2, 0) is 29.8 Å². The summed E-state index contributed by atoms with van der Waals surface area (Å²) in [6.45, 7) is 16.9. The van der Waals surface area contributed by atoms with Crippen molar-refractivity contribution in [2.45, 2.75) is 90.7 Å². The quantitative estimate of drug-likeness (QED) is 0.326. The Morgan fingerprint density at radius 2 is 1.40 bits per heavy atom. The van der Waals surface area contributed by atoms with Crippen LogP contribution in [0.25, 0.3) is 0 Å². The lowest BCUT2D eigenvalue weighted by atomic mass is 9.76. The molecule has 0 aliphatic rings. The third kappa shape index (κ3) is 9.50. The zero-order chi connectivity index (χ0) is 34.5. The van der Waals surface area contributed by atoms with Crippen LogP contribution in [-0.4, -0.2) is 75.2 Å². The van der Waals surface area contributed by atoms with E-state index in [0.29, 0.717) is 0 Å². The van der Waals surface area contributed by atoms with E-state index in [1.54, 1.807) is 25.3 Å². The van der Waals surface area contributed by atoms with Crippen LogP contribution in [0.3, 0.4) is 0 Å². The van der Waals surface area contributed by atoms with Gasteiger partial charge in [-0.05, 0) is 57.0 Å². The van der Waals surface area contributed by atoms with Gasteiger partial charge in [0.05, 0.1) is 17.0 Å². The Morgan fingerprint density at radius 1 is 0.867 bits per heavy atom. The van der Waals surface area contributed by atoms with E-state index in [0.717, 1.165) is 11.1 Å². The molecule has 0 bridgehead atoms. The summed E-state index contributed by atoms with van der Waals surface area (Å²) < 4.78 is 27.8. The Labute approximate surface area is 270 Å². The van der Waals surface area contributed by atoms with Crippen LogP contribution in [0, 0.1) is 18.3 Å². The third-order valence-corrected chi connectivity index (χ3v) is 9.53. The van der Waals surface area contributed by atoms with Crippen LogP contribution in [0.5, 0.6) is 0 Å². The SMILES string of the molecule is C/C(=C\[C@H](C(C)C)N(C)C(=O)[C@@H](NC(=O)[C@@H](N(C)C)C(C)(C)c1ccccc1)C(C)(C)C)C(=O)NS(=O)(=O)c1ccc(C)cc1. The third-order valence-electron chi connectivity index (χ3n) is 8.18. The maximum Gasteiger partial charge on any atom is 0.264 e. The predicted molar refractivity (Wildman–Crippen MR) is 180 cm³/mol. The highest BCUT2D eigenvalue weighted by atomic mass is 32.2. The number of sulfonamides is 1. The number of rotatable bonds is 12. The van der Waals surface area contributed by atoms with Gasteiger partial charge in [0.1, 0.15) is 6.04 Å². The van der Waals surface area contributed by atoms with Gasteiger partial charge in [-0.25, -0.2) is 13.1 Å². The number of carbonyl (C=O) groups excluding carboxylic acids is 3. The average Bonchev–Trinajstić information content (AvgIpc) is 2.93. The van der Waals surface area contributed by atoms with Gasteiger partial charge >= 0.3 is 0 Å². The molecule has 2 rings (SSSR count). The summed E-state index contributed by atoms with van der Waals surface area (Å²) in [5.41, 5.74) is 0.828. The summed E-state index contributed by atoms with van der Waals surface area (Å²) in [5, 5.41) is 3.07. The van der Waals surface area contributed by atoms with Crippen molar-refractivity contribution in [1.29, 1.82) is 0 Å². The molecule has 0 aliphatic heterocycles. The summed E-state index contributed by atoms with van der Waals surface area (Å²) in [6, 6.07) is 14.0. The highest BCUT2D eigenvalue weighted by Gasteiger charge is 2.43. The molecule has 0 unspecified atom stereocenters. The van der Waals surface area contributed by atoms with Crippen molar-refractivity contribution in [2.75, 3.05) is 21.1 Å². The molecule has 0 saturated carbocycles. The van der Waals surface area contributed by atoms with Crippen molar-refractivity contribution in [1.82, 2.24) is 19.8 Å². The smallest absolute Gasteiger partial charge is 0.264 e. The summed E-state index contributed by atoms with van der Waals surface area (Å²) in [7, 11) is 1.26. The van der Waals surface area contributed by atoms with E-state index in [1.807, 2.05) is 105 Å². The van der Waals surface area contributed by atoms with E-state index in [4.69, 9.17) is 0 Å². The number of benzene rings is 2. The van der Waals surface area contributed by atoms with E-state index < -0.39 is 44.9 Å². The maximum absolute atomic E-state index is 14.1. The Bertz CT molecular complexity index is 1470. The molecule has 2 N–H and O–H groups in total. The van der Waals surface area contributed by atoms with Gasteiger partial charge in [0.2, 0.25) is 11.8 Å². The second-order valence-corrected chi connectivity index (χ2v) is 15.7. The molecule has 3 atom stereocenters. The first kappa shape index (κ1) is 37.7. The summed E-state index contributed by atoms with van der Waals surface area (Å²) in [5.74, 6) is -1.50. The molecule has 0 spiro atoms. The molecule has 2 aromatic rings. The first-order valence-corrected chi connectivity index (χ1v) is 16.7. The molecule has 0 heterocycles. The highest BCUT2D eigenvalue weighted by Crippen LogP contribution is 2.31. The van der Waals surface area contributed by atoms with Crippen LogP contribution in [0.1, 0.15) is 66.5 Å². The largest absolute Gasteiger partial charge is 0.342 e. The van der Waals surface area contributed by atoms with Gasteiger partial charge < -0.3 is 10.2 Å². The summed E-state index contributed by atoms with van der Waals surface area (Å²) in [6.07, 6.45) is 1.60. The standard InChI is InChI=1S/C35H52N4O5S/c1-23(2)28(22-25(4)31(40)37-45(43,44)27-20-18-24(3)19-21-27)39(12)33(42)29(34(5,6)7)36-32(41)30(38(10)11)35(8,9)26-16-14-13-15-17-26/h13-23,28-30H,1-12H3,(H,36,41)(H,37,40)/b25-22+/t28-,29-,30-/m1/s1. The maximum atomic E-state index is 14.1. The Kier molecular flexibility index (Phi) is 12.3. The second-order valence-electron chi connectivity index (χ2n) is 14.0. The summed E-state index contributed by atoms with van der Waals surface area (Å²) >= 11 is 0. The van der Waals surface area contributed by atoms with E-state index in [1.165, 1.54) is 24.0 Å². The predicted octanol–water partition coefficient (Wildman–Crippen LogP) is 4.67. The van der Waals surface area contributed by atoms with Gasteiger partial charge in [0, 0.05) is 18.0 Å². The van der Waals surface area contributed by atoms with Crippen LogP contribution < -0.4 is 10.0 Å². The number of hydrogen-bond donors (Lipinski definition) is 2. The lowest BCUT2D eigenvalue weighted by molar-refractivity contribution is -0.141. The number of nitrogens with zero attached hydrogens (tertiary/aromatic N) is 2. The Balaban J connectivity index is 2.36. The van der Waals surface area contributed by atoms with Crippen LogP contribution in [0.2, 0.25) is 0 Å². The second kappa shape index (κ2) is 14.7. The van der Waals surface area contributed by atoms with Gasteiger partial charge in [-0.3, -0.25) is 19.3 Å². The lowest BCUT2D eigenvalue weighted by Crippen LogP contribution is -2.61. The molecule has 2 aromatic carbocycles. The van der Waals surface area contributed by atoms with E-state index in [2.05, 4.69) is 10.0 Å². The Morgan fingerprint density at radius 3 is 1.87 bits per heavy atom. The van der Waals surface area contributed by atoms with Gasteiger partial charge in [0.15, 0.2) is 0 Å². The monoisotopic (exact) mass is 640 g/mol. The normalized spacial score (nSPS) is 14.9. The minimum Gasteiger partial charge on any atom is -0.342 e. The molecule has 0 radical (unpaired) electrons. The van der Waals surface area contributed by atoms with Gasteiger partial charge in [-0.1, -0.05) is 103 Å². The Hall–Kier alpha value is -3.50. The molecule has 10 heteroatoms. The van der Waals surface area contributed by atoms with E-state index in [-0.39, 0.29) is 28.2 Å². The molecular weight excluding hydrogens is 588 g/mol. The molecular formula is C35H52N4O5S. The van der Waals surface area contributed by atoms with Crippen molar-refractivity contribution >= 4 is 27.7 Å². The lowest BCUT2D eigenvalue weighted by Gasteiger charge is -2.41. The molecule has 3 amide bonds. The average molecular weight is 641 g/mol. The van der Waals surface area contributed by atoms with Crippen molar-refractivity contribution < 1.29 is 22.8 Å². The van der Waals surface area contributed by atoms with Gasteiger partial charge in [-0.15, -0.1) is 0 Å². The minimum atomic E-state index is -4.08. The van der Waals surface area contributed by atoms with Gasteiger partial charge in [-0.2, -0.15) is 0 Å². The van der Waals surface area contributed by atoms with Crippen molar-refractivity contribution in [3.63, 3.8) is 0 Å². The number of likely N-dealkylation sites (N-methyl/N-ethyl adjacent to an activating group) is 2. The van der Waals surface area contributed by atoms with Crippen molar-refractivity contribution in [3.05, 3.63) is 77.4 Å². The summed E-state index contributed by atoms with van der Waals surface area (Å²) in [4.78, 5) is 44.5.